The van der Waals surface area contributed by atoms with Gasteiger partial charge >= 0.3 is 6.03 Å². The molecule has 1 fully saturated rings. The molecule has 138 valence electrons. The first-order valence-corrected chi connectivity index (χ1v) is 9.28. The summed E-state index contributed by atoms with van der Waals surface area (Å²) in [5.74, 6) is -0.130. The first kappa shape index (κ1) is 18.3. The number of amides is 3. The molecule has 1 atom stereocenters. The Bertz CT molecular complexity index is 763. The van der Waals surface area contributed by atoms with E-state index >= 15 is 0 Å². The highest BCUT2D eigenvalue weighted by molar-refractivity contribution is 7.13. The van der Waals surface area contributed by atoms with Gasteiger partial charge in [0.05, 0.1) is 25.4 Å². The Balaban J connectivity index is 1.54. The van der Waals surface area contributed by atoms with Crippen molar-refractivity contribution >= 4 is 23.3 Å². The van der Waals surface area contributed by atoms with Crippen LogP contribution in [0.1, 0.15) is 5.69 Å². The number of aromatic nitrogens is 1. The average molecular weight is 374 g/mol. The number of nitrogens with zero attached hydrogens (tertiary/aromatic N) is 3. The molecular formula is C18H22N4O3S. The minimum absolute atomic E-state index is 0.130. The lowest BCUT2D eigenvalue weighted by Gasteiger charge is -2.33. The lowest BCUT2D eigenvalue weighted by atomic mass is 10.2. The van der Waals surface area contributed by atoms with Gasteiger partial charge < -0.3 is 19.9 Å². The lowest BCUT2D eigenvalue weighted by Crippen LogP contribution is -2.53. The van der Waals surface area contributed by atoms with Crippen molar-refractivity contribution in [1.29, 1.82) is 0 Å². The molecule has 1 aliphatic rings. The number of rotatable bonds is 4. The molecule has 1 N–H and O–H groups in total. The highest BCUT2D eigenvalue weighted by Gasteiger charge is 2.30. The minimum atomic E-state index is -0.603. The maximum absolute atomic E-state index is 12.4. The minimum Gasteiger partial charge on any atom is -0.365 e. The van der Waals surface area contributed by atoms with Gasteiger partial charge in [0.1, 0.15) is 5.01 Å². The number of thiazole rings is 1. The third-order valence-electron chi connectivity index (χ3n) is 4.06. The van der Waals surface area contributed by atoms with Gasteiger partial charge in [0.15, 0.2) is 6.10 Å². The van der Waals surface area contributed by atoms with Crippen LogP contribution in [0.4, 0.5) is 4.79 Å². The van der Waals surface area contributed by atoms with Crippen LogP contribution in [0.5, 0.6) is 0 Å². The summed E-state index contributed by atoms with van der Waals surface area (Å²) in [6.07, 6.45) is -0.603. The molecule has 1 aromatic carbocycles. The second-order valence-electron chi connectivity index (χ2n) is 6.21. The molecule has 0 radical (unpaired) electrons. The lowest BCUT2D eigenvalue weighted by molar-refractivity contribution is -0.145. The van der Waals surface area contributed by atoms with Crippen LogP contribution in [-0.2, 0) is 16.1 Å². The molecule has 0 aliphatic carbocycles. The van der Waals surface area contributed by atoms with Crippen molar-refractivity contribution in [2.24, 2.45) is 0 Å². The largest absolute Gasteiger partial charge is 0.365 e. The summed E-state index contributed by atoms with van der Waals surface area (Å²) in [6, 6.07) is 9.73. The molecule has 1 aromatic heterocycles. The number of hydrogen-bond acceptors (Lipinski definition) is 5. The standard InChI is InChI=1S/C18H22N4O3S/c1-21(2)17(23)15-11-22(8-9-25-15)18(24)19-10-14-12-26-16(20-14)13-6-4-3-5-7-13/h3-7,12,15H,8-11H2,1-2H3,(H,19,24)/t15-/m0/s1. The van der Waals surface area contributed by atoms with E-state index in [2.05, 4.69) is 10.3 Å². The van der Waals surface area contributed by atoms with Gasteiger partial charge in [-0.2, -0.15) is 0 Å². The predicted molar refractivity (Wildman–Crippen MR) is 99.8 cm³/mol. The van der Waals surface area contributed by atoms with E-state index in [1.54, 1.807) is 30.3 Å². The van der Waals surface area contributed by atoms with Crippen molar-refractivity contribution in [3.63, 3.8) is 0 Å². The number of urea groups is 1. The first-order chi connectivity index (χ1) is 12.5. The molecule has 3 amide bonds. The molecule has 0 unspecified atom stereocenters. The van der Waals surface area contributed by atoms with Crippen LogP contribution < -0.4 is 5.32 Å². The van der Waals surface area contributed by atoms with E-state index in [4.69, 9.17) is 4.74 Å². The molecule has 26 heavy (non-hydrogen) atoms. The summed E-state index contributed by atoms with van der Waals surface area (Å²) < 4.78 is 5.47. The molecule has 0 spiro atoms. The van der Waals surface area contributed by atoms with E-state index in [9.17, 15) is 9.59 Å². The van der Waals surface area contributed by atoms with E-state index in [0.717, 1.165) is 16.3 Å². The summed E-state index contributed by atoms with van der Waals surface area (Å²) in [5, 5.41) is 5.75. The molecule has 8 heteroatoms. The summed E-state index contributed by atoms with van der Waals surface area (Å²) in [6.45, 7) is 1.43. The number of carbonyl (C=O) groups is 2. The van der Waals surface area contributed by atoms with Gasteiger partial charge in [0, 0.05) is 31.6 Å². The average Bonchev–Trinajstić information content (AvgIpc) is 3.15. The van der Waals surface area contributed by atoms with Gasteiger partial charge in [-0.25, -0.2) is 9.78 Å². The van der Waals surface area contributed by atoms with Crippen LogP contribution >= 0.6 is 11.3 Å². The smallest absolute Gasteiger partial charge is 0.317 e. The molecule has 2 aromatic rings. The third-order valence-corrected chi connectivity index (χ3v) is 5.00. The van der Waals surface area contributed by atoms with Gasteiger partial charge in [0.2, 0.25) is 0 Å². The van der Waals surface area contributed by atoms with Crippen LogP contribution in [0.25, 0.3) is 10.6 Å². The fraction of sp³-hybridized carbons (Fsp3) is 0.389. The number of benzene rings is 1. The quantitative estimate of drug-likeness (QED) is 0.886. The summed E-state index contributed by atoms with van der Waals surface area (Å²) in [7, 11) is 3.36. The van der Waals surface area contributed by atoms with Crippen molar-refractivity contribution in [2.45, 2.75) is 12.6 Å². The molecule has 7 nitrogen and oxygen atoms in total. The second kappa shape index (κ2) is 8.29. The molecule has 0 bridgehead atoms. The molecular weight excluding hydrogens is 352 g/mol. The van der Waals surface area contributed by atoms with Gasteiger partial charge in [-0.1, -0.05) is 30.3 Å². The van der Waals surface area contributed by atoms with E-state index < -0.39 is 6.10 Å². The van der Waals surface area contributed by atoms with Gasteiger partial charge in [-0.3, -0.25) is 4.79 Å². The zero-order valence-corrected chi connectivity index (χ0v) is 15.7. The Hall–Kier alpha value is -2.45. The molecule has 2 heterocycles. The zero-order chi connectivity index (χ0) is 18.5. The Kier molecular flexibility index (Phi) is 5.85. The number of hydrogen-bond donors (Lipinski definition) is 1. The monoisotopic (exact) mass is 374 g/mol. The van der Waals surface area contributed by atoms with Gasteiger partial charge in [-0.15, -0.1) is 11.3 Å². The van der Waals surface area contributed by atoms with Crippen LogP contribution in [0, 0.1) is 0 Å². The number of morpholine rings is 1. The normalized spacial score (nSPS) is 17.0. The van der Waals surface area contributed by atoms with Crippen LogP contribution in [0.2, 0.25) is 0 Å². The molecule has 3 rings (SSSR count). The fourth-order valence-electron chi connectivity index (χ4n) is 2.65. The summed E-state index contributed by atoms with van der Waals surface area (Å²) in [5.41, 5.74) is 1.88. The van der Waals surface area contributed by atoms with Crippen LogP contribution in [0.3, 0.4) is 0 Å². The van der Waals surface area contributed by atoms with E-state index in [0.29, 0.717) is 19.7 Å². The van der Waals surface area contributed by atoms with Crippen molar-refractivity contribution in [3.05, 3.63) is 41.4 Å². The zero-order valence-electron chi connectivity index (χ0n) is 14.8. The van der Waals surface area contributed by atoms with Crippen molar-refractivity contribution < 1.29 is 14.3 Å². The predicted octanol–water partition coefficient (Wildman–Crippen LogP) is 1.81. The van der Waals surface area contributed by atoms with E-state index in [1.165, 1.54) is 4.90 Å². The van der Waals surface area contributed by atoms with Crippen LogP contribution in [-0.4, -0.2) is 66.6 Å². The highest BCUT2D eigenvalue weighted by atomic mass is 32.1. The Morgan fingerprint density at radius 2 is 2.12 bits per heavy atom. The summed E-state index contributed by atoms with van der Waals surface area (Å²) in [4.78, 5) is 32.1. The molecule has 1 aliphatic heterocycles. The second-order valence-corrected chi connectivity index (χ2v) is 7.06. The number of nitrogens with one attached hydrogen (secondary N) is 1. The van der Waals surface area contributed by atoms with Crippen molar-refractivity contribution in [3.8, 4) is 10.6 Å². The number of ether oxygens (including phenoxy) is 1. The Morgan fingerprint density at radius 1 is 1.35 bits per heavy atom. The summed E-state index contributed by atoms with van der Waals surface area (Å²) >= 11 is 1.55. The topological polar surface area (TPSA) is 74.8 Å². The highest BCUT2D eigenvalue weighted by Crippen LogP contribution is 2.23. The number of likely N-dealkylation sites (N-methyl/N-ethyl adjacent to an activating group) is 1. The Labute approximate surface area is 156 Å². The fourth-order valence-corrected chi connectivity index (χ4v) is 3.48. The van der Waals surface area contributed by atoms with E-state index in [-0.39, 0.29) is 18.5 Å². The maximum atomic E-state index is 12.4. The molecule has 0 saturated carbocycles. The third kappa shape index (κ3) is 4.39. The van der Waals surface area contributed by atoms with Crippen molar-refractivity contribution in [2.75, 3.05) is 33.8 Å². The Morgan fingerprint density at radius 3 is 2.85 bits per heavy atom. The van der Waals surface area contributed by atoms with Gasteiger partial charge in [-0.05, 0) is 0 Å². The number of carbonyl (C=O) groups excluding carboxylic acids is 2. The van der Waals surface area contributed by atoms with Crippen LogP contribution in [0.15, 0.2) is 35.7 Å². The van der Waals surface area contributed by atoms with E-state index in [1.807, 2.05) is 35.7 Å². The van der Waals surface area contributed by atoms with Crippen molar-refractivity contribution in [1.82, 2.24) is 20.1 Å². The first-order valence-electron chi connectivity index (χ1n) is 8.40. The van der Waals surface area contributed by atoms with Gasteiger partial charge in [0.25, 0.3) is 5.91 Å². The molecule has 1 saturated heterocycles. The SMILES string of the molecule is CN(C)C(=O)[C@@H]1CN(C(=O)NCc2csc(-c3ccccc3)n2)CCO1. The maximum Gasteiger partial charge on any atom is 0.317 e.